The van der Waals surface area contributed by atoms with Gasteiger partial charge < -0.3 is 14.4 Å². The van der Waals surface area contributed by atoms with E-state index in [-0.39, 0.29) is 29.3 Å². The summed E-state index contributed by atoms with van der Waals surface area (Å²) >= 11 is 0. The number of ether oxygens (including phenoxy) is 1. The van der Waals surface area contributed by atoms with Gasteiger partial charge in [0.05, 0.1) is 13.2 Å². The second-order valence-corrected chi connectivity index (χ2v) is 6.48. The molecule has 0 bridgehead atoms. The van der Waals surface area contributed by atoms with Crippen LogP contribution in [0.4, 0.5) is 0 Å². The Bertz CT molecular complexity index is 603. The van der Waals surface area contributed by atoms with E-state index in [4.69, 9.17) is 4.52 Å². The number of esters is 1. The molecule has 0 saturated carbocycles. The Morgan fingerprint density at radius 2 is 2.15 bits per heavy atom. The third-order valence-electron chi connectivity index (χ3n) is 3.24. The Morgan fingerprint density at radius 3 is 2.65 bits per heavy atom. The van der Waals surface area contributed by atoms with Crippen LogP contribution in [0.1, 0.15) is 17.9 Å². The van der Waals surface area contributed by atoms with Crippen molar-refractivity contribution in [3.8, 4) is 0 Å². The highest BCUT2D eigenvalue weighted by atomic mass is 32.2. The molecule has 0 amide bonds. The molecule has 112 valence electrons. The second-order valence-electron chi connectivity index (χ2n) is 4.66. The van der Waals surface area contributed by atoms with Crippen LogP contribution in [0, 0.1) is 13.8 Å². The quantitative estimate of drug-likeness (QED) is 0.756. The highest BCUT2D eigenvalue weighted by Crippen LogP contribution is 2.30. The summed E-state index contributed by atoms with van der Waals surface area (Å²) in [5.41, 5.74) is 0.215. The van der Waals surface area contributed by atoms with E-state index in [0.717, 1.165) is 4.31 Å². The molecule has 0 aliphatic carbocycles. The molecule has 2 heterocycles. The lowest BCUT2D eigenvalue weighted by molar-refractivity contribution is -0.144. The number of sulfonamides is 1. The maximum absolute atomic E-state index is 12.6. The number of aliphatic hydroxyl groups excluding tert-OH is 1. The number of carbonyl (C=O) groups excluding carboxylic acids is 1. The fraction of sp³-hybridized carbons (Fsp3) is 0.636. The van der Waals surface area contributed by atoms with E-state index < -0.39 is 28.1 Å². The zero-order chi connectivity index (χ0) is 15.1. The van der Waals surface area contributed by atoms with E-state index in [1.807, 2.05) is 0 Å². The maximum Gasteiger partial charge on any atom is 0.324 e. The monoisotopic (exact) mass is 304 g/mol. The molecule has 0 spiro atoms. The minimum atomic E-state index is -3.98. The van der Waals surface area contributed by atoms with Crippen LogP contribution in [0.25, 0.3) is 0 Å². The summed E-state index contributed by atoms with van der Waals surface area (Å²) in [7, 11) is -2.80. The lowest BCUT2D eigenvalue weighted by atomic mass is 10.2. The van der Waals surface area contributed by atoms with Gasteiger partial charge in [0.1, 0.15) is 16.6 Å². The van der Waals surface area contributed by atoms with E-state index >= 15 is 0 Å². The van der Waals surface area contributed by atoms with Crippen LogP contribution in [-0.4, -0.2) is 54.8 Å². The topological polar surface area (TPSA) is 110 Å². The Hall–Kier alpha value is -1.45. The molecule has 1 N–H and O–H groups in total. The van der Waals surface area contributed by atoms with Gasteiger partial charge in [0.2, 0.25) is 10.0 Å². The molecule has 1 aromatic heterocycles. The van der Waals surface area contributed by atoms with Gasteiger partial charge in [-0.2, -0.15) is 4.31 Å². The van der Waals surface area contributed by atoms with Gasteiger partial charge in [-0.1, -0.05) is 5.16 Å². The fourth-order valence-electron chi connectivity index (χ4n) is 2.36. The van der Waals surface area contributed by atoms with Gasteiger partial charge in [0, 0.05) is 13.0 Å². The van der Waals surface area contributed by atoms with E-state index in [0.29, 0.717) is 0 Å². The minimum Gasteiger partial charge on any atom is -0.468 e. The third-order valence-corrected chi connectivity index (χ3v) is 5.36. The van der Waals surface area contributed by atoms with Crippen LogP contribution in [0.5, 0.6) is 0 Å². The third kappa shape index (κ3) is 2.32. The Kier molecular flexibility index (Phi) is 3.85. The van der Waals surface area contributed by atoms with E-state index in [1.54, 1.807) is 0 Å². The zero-order valence-electron chi connectivity index (χ0n) is 11.4. The number of rotatable bonds is 3. The molecular formula is C11H16N2O6S. The van der Waals surface area contributed by atoms with Gasteiger partial charge in [-0.05, 0) is 13.8 Å². The lowest BCUT2D eigenvalue weighted by Gasteiger charge is -2.21. The van der Waals surface area contributed by atoms with Crippen molar-refractivity contribution in [2.75, 3.05) is 13.7 Å². The van der Waals surface area contributed by atoms with Crippen LogP contribution in [0.15, 0.2) is 9.42 Å². The number of aryl methyl sites for hydroxylation is 2. The highest BCUT2D eigenvalue weighted by Gasteiger charge is 2.45. The van der Waals surface area contributed by atoms with Crippen molar-refractivity contribution >= 4 is 16.0 Å². The van der Waals surface area contributed by atoms with Crippen molar-refractivity contribution in [1.29, 1.82) is 0 Å². The molecule has 0 aromatic carbocycles. The fourth-order valence-corrected chi connectivity index (χ4v) is 4.28. The summed E-state index contributed by atoms with van der Waals surface area (Å²) in [6.45, 7) is 2.82. The largest absolute Gasteiger partial charge is 0.468 e. The summed E-state index contributed by atoms with van der Waals surface area (Å²) in [4.78, 5) is 11.6. The molecule has 9 heteroatoms. The molecule has 1 aliphatic heterocycles. The molecule has 2 atom stereocenters. The molecule has 2 unspecified atom stereocenters. The molecule has 1 aromatic rings. The summed E-state index contributed by atoms with van der Waals surface area (Å²) in [5.74, 6) is -0.551. The second kappa shape index (κ2) is 5.15. The summed E-state index contributed by atoms with van der Waals surface area (Å²) in [5, 5.41) is 13.3. The normalized spacial score (nSPS) is 24.0. The molecule has 20 heavy (non-hydrogen) atoms. The Labute approximate surface area is 116 Å². The average molecular weight is 304 g/mol. The van der Waals surface area contributed by atoms with Gasteiger partial charge in [-0.15, -0.1) is 0 Å². The van der Waals surface area contributed by atoms with Crippen molar-refractivity contribution in [3.63, 3.8) is 0 Å². The van der Waals surface area contributed by atoms with Crippen molar-refractivity contribution in [2.45, 2.75) is 37.3 Å². The first-order valence-corrected chi connectivity index (χ1v) is 7.43. The van der Waals surface area contributed by atoms with E-state index in [9.17, 15) is 18.3 Å². The number of methoxy groups -OCH3 is 1. The molecule has 1 aliphatic rings. The molecule has 1 saturated heterocycles. The first-order chi connectivity index (χ1) is 9.28. The number of nitrogens with zero attached hydrogens (tertiary/aromatic N) is 2. The number of carbonyl (C=O) groups is 1. The average Bonchev–Trinajstić information content (AvgIpc) is 2.92. The predicted molar refractivity (Wildman–Crippen MR) is 66.3 cm³/mol. The molecule has 1 fully saturated rings. The van der Waals surface area contributed by atoms with Crippen LogP contribution in [0.2, 0.25) is 0 Å². The molecule has 0 radical (unpaired) electrons. The highest BCUT2D eigenvalue weighted by molar-refractivity contribution is 7.89. The van der Waals surface area contributed by atoms with Gasteiger partial charge in [0.15, 0.2) is 5.76 Å². The summed E-state index contributed by atoms with van der Waals surface area (Å²) in [6.07, 6.45) is -0.899. The Balaban J connectivity index is 2.45. The van der Waals surface area contributed by atoms with Crippen molar-refractivity contribution < 1.29 is 27.6 Å². The zero-order valence-corrected chi connectivity index (χ0v) is 12.2. The van der Waals surface area contributed by atoms with Crippen LogP contribution in [0.3, 0.4) is 0 Å². The van der Waals surface area contributed by atoms with Crippen molar-refractivity contribution in [2.24, 2.45) is 0 Å². The van der Waals surface area contributed by atoms with Gasteiger partial charge in [0.25, 0.3) is 0 Å². The van der Waals surface area contributed by atoms with Gasteiger partial charge in [-0.3, -0.25) is 4.79 Å². The van der Waals surface area contributed by atoms with Crippen LogP contribution in [-0.2, 0) is 19.6 Å². The minimum absolute atomic E-state index is 0.00920. The van der Waals surface area contributed by atoms with Crippen LogP contribution < -0.4 is 0 Å². The van der Waals surface area contributed by atoms with Gasteiger partial charge in [-0.25, -0.2) is 8.42 Å². The first-order valence-electron chi connectivity index (χ1n) is 5.99. The number of hydrogen-bond acceptors (Lipinski definition) is 7. The SMILES string of the molecule is COC(=O)C1CC(O)CN1S(=O)(=O)c1c(C)noc1C. The van der Waals surface area contributed by atoms with Crippen molar-refractivity contribution in [3.05, 3.63) is 11.5 Å². The lowest BCUT2D eigenvalue weighted by Crippen LogP contribution is -2.41. The van der Waals surface area contributed by atoms with Crippen LogP contribution >= 0.6 is 0 Å². The predicted octanol–water partition coefficient (Wildman–Crippen LogP) is -0.412. The summed E-state index contributed by atoms with van der Waals surface area (Å²) < 4.78 is 35.6. The number of aliphatic hydroxyl groups is 1. The number of hydrogen-bond donors (Lipinski definition) is 1. The van der Waals surface area contributed by atoms with Gasteiger partial charge >= 0.3 is 5.97 Å². The van der Waals surface area contributed by atoms with Crippen molar-refractivity contribution in [1.82, 2.24) is 9.46 Å². The maximum atomic E-state index is 12.6. The summed E-state index contributed by atoms with van der Waals surface area (Å²) in [6, 6.07) is -1.03. The molecule has 2 rings (SSSR count). The Morgan fingerprint density at radius 1 is 1.50 bits per heavy atom. The smallest absolute Gasteiger partial charge is 0.324 e. The number of β-amino-alcohol motifs (C(OH)–C–C–N with tert-alkyl or cyclic N) is 1. The first kappa shape index (κ1) is 14.9. The number of aromatic nitrogens is 1. The van der Waals surface area contributed by atoms with E-state index in [1.165, 1.54) is 21.0 Å². The standard InChI is InChI=1S/C11H16N2O6S/c1-6-10(7(2)19-12-6)20(16,17)13-5-8(14)4-9(13)11(15)18-3/h8-9,14H,4-5H2,1-3H3. The van der Waals surface area contributed by atoms with E-state index in [2.05, 4.69) is 9.89 Å². The molecular weight excluding hydrogens is 288 g/mol. The molecule has 8 nitrogen and oxygen atoms in total.